The predicted octanol–water partition coefficient (Wildman–Crippen LogP) is 1.56. The highest BCUT2D eigenvalue weighted by Gasteiger charge is 2.12. The summed E-state index contributed by atoms with van der Waals surface area (Å²) < 4.78 is 26.5. The van der Waals surface area contributed by atoms with Crippen molar-refractivity contribution >= 4 is 21.4 Å². The molecule has 0 atom stereocenters. The Bertz CT molecular complexity index is 663. The Kier molecular flexibility index (Phi) is 4.87. The van der Waals surface area contributed by atoms with Crippen LogP contribution in [-0.4, -0.2) is 18.5 Å². The minimum atomic E-state index is -3.38. The zero-order valence-electron chi connectivity index (χ0n) is 11.0. The lowest BCUT2D eigenvalue weighted by molar-refractivity contribution is 0.282. The maximum absolute atomic E-state index is 12.0. The number of hydrogen-bond acceptors (Lipinski definition) is 5. The van der Waals surface area contributed by atoms with E-state index in [1.54, 1.807) is 29.8 Å². The first-order valence-corrected chi connectivity index (χ1v) is 8.58. The van der Waals surface area contributed by atoms with Gasteiger partial charge in [-0.1, -0.05) is 24.3 Å². The van der Waals surface area contributed by atoms with Gasteiger partial charge in [0.15, 0.2) is 0 Å². The first kappa shape index (κ1) is 15.1. The number of aryl methyl sites for hydroxylation is 1. The molecule has 0 unspecified atom stereocenters. The highest BCUT2D eigenvalue weighted by atomic mass is 32.2. The summed E-state index contributed by atoms with van der Waals surface area (Å²) in [6.07, 6.45) is 0. The number of benzene rings is 1. The Morgan fingerprint density at radius 3 is 2.45 bits per heavy atom. The molecule has 5 nitrogen and oxygen atoms in total. The Labute approximate surface area is 122 Å². The van der Waals surface area contributed by atoms with Gasteiger partial charge in [-0.25, -0.2) is 18.1 Å². The molecule has 0 bridgehead atoms. The maximum atomic E-state index is 12.0. The zero-order valence-corrected chi connectivity index (χ0v) is 12.7. The van der Waals surface area contributed by atoms with Gasteiger partial charge in [0.25, 0.3) is 0 Å². The van der Waals surface area contributed by atoms with Crippen molar-refractivity contribution in [1.82, 2.24) is 9.71 Å². The molecule has 0 fully saturated rings. The van der Waals surface area contributed by atoms with E-state index in [1.807, 2.05) is 6.92 Å². The van der Waals surface area contributed by atoms with E-state index in [-0.39, 0.29) is 18.9 Å². The van der Waals surface area contributed by atoms with E-state index >= 15 is 0 Å². The Balaban J connectivity index is 1.98. The molecule has 0 spiro atoms. The molecular weight excluding hydrogens is 296 g/mol. The van der Waals surface area contributed by atoms with Crippen molar-refractivity contribution < 1.29 is 13.5 Å². The van der Waals surface area contributed by atoms with Gasteiger partial charge in [0.2, 0.25) is 10.0 Å². The second-order valence-electron chi connectivity index (χ2n) is 4.42. The molecule has 0 aliphatic rings. The summed E-state index contributed by atoms with van der Waals surface area (Å²) in [5, 5.41) is 8.94. The predicted molar refractivity (Wildman–Crippen MR) is 78.7 cm³/mol. The standard InChI is InChI=1S/C13H16N2O3S2/c1-10-13(19-9-14-10)6-15-20(17,18)8-12-4-2-11(7-16)3-5-12/h2-5,9,15-16H,6-8H2,1H3. The van der Waals surface area contributed by atoms with E-state index < -0.39 is 10.0 Å². The molecule has 0 aliphatic carbocycles. The number of rotatable bonds is 6. The molecule has 0 saturated heterocycles. The third-order valence-corrected chi connectivity index (χ3v) is 5.09. The number of hydrogen-bond donors (Lipinski definition) is 2. The molecule has 1 aromatic carbocycles. The van der Waals surface area contributed by atoms with Crippen LogP contribution >= 0.6 is 11.3 Å². The first-order chi connectivity index (χ1) is 9.50. The van der Waals surface area contributed by atoms with Crippen molar-refractivity contribution in [3.8, 4) is 0 Å². The van der Waals surface area contributed by atoms with E-state index in [0.29, 0.717) is 5.56 Å². The Hall–Kier alpha value is -1.28. The largest absolute Gasteiger partial charge is 0.392 e. The summed E-state index contributed by atoms with van der Waals surface area (Å²) >= 11 is 1.44. The summed E-state index contributed by atoms with van der Waals surface area (Å²) in [6.45, 7) is 2.08. The Morgan fingerprint density at radius 2 is 1.90 bits per heavy atom. The zero-order chi connectivity index (χ0) is 14.6. The molecule has 2 rings (SSSR count). The quantitative estimate of drug-likeness (QED) is 0.848. The van der Waals surface area contributed by atoms with E-state index in [2.05, 4.69) is 9.71 Å². The number of nitrogens with zero attached hydrogens (tertiary/aromatic N) is 1. The van der Waals surface area contributed by atoms with Crippen LogP contribution in [0.25, 0.3) is 0 Å². The van der Waals surface area contributed by atoms with E-state index in [9.17, 15) is 8.42 Å². The summed E-state index contributed by atoms with van der Waals surface area (Å²) in [5.74, 6) is -0.0729. The number of aliphatic hydroxyl groups is 1. The van der Waals surface area contributed by atoms with Gasteiger partial charge in [0.1, 0.15) is 0 Å². The SMILES string of the molecule is Cc1ncsc1CNS(=O)(=O)Cc1ccc(CO)cc1. The van der Waals surface area contributed by atoms with Crippen LogP contribution in [0.4, 0.5) is 0 Å². The fraction of sp³-hybridized carbons (Fsp3) is 0.308. The molecule has 2 aromatic rings. The van der Waals surface area contributed by atoms with Crippen LogP contribution in [0.3, 0.4) is 0 Å². The molecule has 2 N–H and O–H groups in total. The van der Waals surface area contributed by atoms with Crippen LogP contribution < -0.4 is 4.72 Å². The van der Waals surface area contributed by atoms with Crippen molar-refractivity contribution in [1.29, 1.82) is 0 Å². The van der Waals surface area contributed by atoms with Gasteiger partial charge in [-0.15, -0.1) is 11.3 Å². The van der Waals surface area contributed by atoms with Gasteiger partial charge in [-0.3, -0.25) is 0 Å². The lowest BCUT2D eigenvalue weighted by Crippen LogP contribution is -2.24. The summed E-state index contributed by atoms with van der Waals surface area (Å²) in [4.78, 5) is 5.00. The van der Waals surface area contributed by atoms with Crippen molar-refractivity contribution in [2.45, 2.75) is 25.8 Å². The second kappa shape index (κ2) is 6.45. The monoisotopic (exact) mass is 312 g/mol. The average Bonchev–Trinajstić information content (AvgIpc) is 2.83. The van der Waals surface area contributed by atoms with Crippen molar-refractivity contribution in [3.05, 3.63) is 51.5 Å². The van der Waals surface area contributed by atoms with Gasteiger partial charge in [0, 0.05) is 11.4 Å². The van der Waals surface area contributed by atoms with Crippen LogP contribution in [0.15, 0.2) is 29.8 Å². The molecule has 1 aromatic heterocycles. The third kappa shape index (κ3) is 4.11. The summed E-state index contributed by atoms with van der Waals surface area (Å²) in [7, 11) is -3.38. The van der Waals surface area contributed by atoms with Gasteiger partial charge in [0.05, 0.1) is 23.6 Å². The van der Waals surface area contributed by atoms with Crippen LogP contribution in [0.1, 0.15) is 21.7 Å². The molecule has 0 amide bonds. The number of aromatic nitrogens is 1. The average molecular weight is 312 g/mol. The molecule has 108 valence electrons. The lowest BCUT2D eigenvalue weighted by Gasteiger charge is -2.06. The van der Waals surface area contributed by atoms with Gasteiger partial charge in [-0.05, 0) is 18.1 Å². The molecule has 20 heavy (non-hydrogen) atoms. The van der Waals surface area contributed by atoms with Gasteiger partial charge >= 0.3 is 0 Å². The number of sulfonamides is 1. The number of thiazole rings is 1. The van der Waals surface area contributed by atoms with E-state index in [0.717, 1.165) is 16.1 Å². The number of nitrogens with one attached hydrogen (secondary N) is 1. The Morgan fingerprint density at radius 1 is 1.25 bits per heavy atom. The van der Waals surface area contributed by atoms with Crippen LogP contribution in [0, 0.1) is 6.92 Å². The topological polar surface area (TPSA) is 79.3 Å². The minimum absolute atomic E-state index is 0.0457. The molecule has 0 aliphatic heterocycles. The first-order valence-electron chi connectivity index (χ1n) is 6.05. The highest BCUT2D eigenvalue weighted by Crippen LogP contribution is 2.13. The van der Waals surface area contributed by atoms with E-state index in [1.165, 1.54) is 11.3 Å². The fourth-order valence-electron chi connectivity index (χ4n) is 1.68. The van der Waals surface area contributed by atoms with Gasteiger partial charge in [-0.2, -0.15) is 0 Å². The second-order valence-corrected chi connectivity index (χ2v) is 7.16. The normalized spacial score (nSPS) is 11.7. The molecule has 7 heteroatoms. The minimum Gasteiger partial charge on any atom is -0.392 e. The molecule has 0 saturated carbocycles. The van der Waals surface area contributed by atoms with Crippen molar-refractivity contribution in [2.75, 3.05) is 0 Å². The number of aliphatic hydroxyl groups excluding tert-OH is 1. The van der Waals surface area contributed by atoms with Crippen LogP contribution in [0.5, 0.6) is 0 Å². The van der Waals surface area contributed by atoms with Crippen molar-refractivity contribution in [3.63, 3.8) is 0 Å². The van der Waals surface area contributed by atoms with Crippen LogP contribution in [-0.2, 0) is 28.9 Å². The lowest BCUT2D eigenvalue weighted by atomic mass is 10.2. The molecular formula is C13H16N2O3S2. The van der Waals surface area contributed by atoms with Crippen molar-refractivity contribution in [2.24, 2.45) is 0 Å². The highest BCUT2D eigenvalue weighted by molar-refractivity contribution is 7.88. The third-order valence-electron chi connectivity index (χ3n) is 2.86. The molecule has 1 heterocycles. The fourth-order valence-corrected chi connectivity index (χ4v) is 3.59. The van der Waals surface area contributed by atoms with Crippen LogP contribution in [0.2, 0.25) is 0 Å². The van der Waals surface area contributed by atoms with Gasteiger partial charge < -0.3 is 5.11 Å². The summed E-state index contributed by atoms with van der Waals surface area (Å²) in [6, 6.07) is 6.86. The smallest absolute Gasteiger partial charge is 0.216 e. The molecule has 0 radical (unpaired) electrons. The van der Waals surface area contributed by atoms with E-state index in [4.69, 9.17) is 5.11 Å². The maximum Gasteiger partial charge on any atom is 0.216 e. The summed E-state index contributed by atoms with van der Waals surface area (Å²) in [5.41, 5.74) is 4.01.